The van der Waals surface area contributed by atoms with Crippen LogP contribution in [0.1, 0.15) is 24.4 Å². The second-order valence-electron chi connectivity index (χ2n) is 5.64. The van der Waals surface area contributed by atoms with Crippen LogP contribution in [0.4, 0.5) is 10.5 Å². The number of ether oxygens (including phenoxy) is 2. The third kappa shape index (κ3) is 3.27. The highest BCUT2D eigenvalue weighted by Crippen LogP contribution is 2.37. The lowest BCUT2D eigenvalue weighted by atomic mass is 10.0. The van der Waals surface area contributed by atoms with E-state index >= 15 is 0 Å². The number of carbonyl (C=O) groups is 1. The summed E-state index contributed by atoms with van der Waals surface area (Å²) in [7, 11) is 3.23. The van der Waals surface area contributed by atoms with Gasteiger partial charge in [0.05, 0.1) is 32.1 Å². The molecule has 126 valence electrons. The lowest BCUT2D eigenvalue weighted by Gasteiger charge is -2.26. The number of amides is 2. The molecule has 0 bridgehead atoms. The molecule has 1 N–H and O–H groups in total. The van der Waals surface area contributed by atoms with Gasteiger partial charge in [0.25, 0.3) is 0 Å². The lowest BCUT2D eigenvalue weighted by molar-refractivity contribution is 0.207. The number of nitrogens with zero attached hydrogens (tertiary/aromatic N) is 2. The van der Waals surface area contributed by atoms with Crippen molar-refractivity contribution in [2.45, 2.75) is 18.9 Å². The van der Waals surface area contributed by atoms with Crippen LogP contribution in [0.15, 0.2) is 42.7 Å². The van der Waals surface area contributed by atoms with E-state index in [1.807, 2.05) is 29.2 Å². The number of urea groups is 1. The van der Waals surface area contributed by atoms with Crippen LogP contribution in [0.25, 0.3) is 0 Å². The molecule has 0 aliphatic carbocycles. The van der Waals surface area contributed by atoms with Crippen LogP contribution >= 0.6 is 0 Å². The second-order valence-corrected chi connectivity index (χ2v) is 5.64. The fourth-order valence-electron chi connectivity index (χ4n) is 3.05. The summed E-state index contributed by atoms with van der Waals surface area (Å²) in [4.78, 5) is 18.5. The van der Waals surface area contributed by atoms with E-state index in [0.29, 0.717) is 17.2 Å². The van der Waals surface area contributed by atoms with Gasteiger partial charge in [-0.3, -0.25) is 4.98 Å². The topological polar surface area (TPSA) is 63.7 Å². The minimum atomic E-state index is -0.111. The predicted molar refractivity (Wildman–Crippen MR) is 91.5 cm³/mol. The normalized spacial score (nSPS) is 16.8. The van der Waals surface area contributed by atoms with Crippen molar-refractivity contribution in [3.05, 3.63) is 48.3 Å². The van der Waals surface area contributed by atoms with E-state index in [-0.39, 0.29) is 12.1 Å². The van der Waals surface area contributed by atoms with Gasteiger partial charge in [-0.1, -0.05) is 6.07 Å². The maximum Gasteiger partial charge on any atom is 0.322 e. The average Bonchev–Trinajstić information content (AvgIpc) is 3.12. The Kier molecular flexibility index (Phi) is 4.84. The molecule has 1 unspecified atom stereocenters. The number of hydrogen-bond donors (Lipinski definition) is 1. The molecule has 24 heavy (non-hydrogen) atoms. The molecule has 6 nitrogen and oxygen atoms in total. The van der Waals surface area contributed by atoms with Gasteiger partial charge in [-0.15, -0.1) is 0 Å². The largest absolute Gasteiger partial charge is 0.493 e. The number of carbonyl (C=O) groups excluding carboxylic acids is 1. The lowest BCUT2D eigenvalue weighted by Crippen LogP contribution is -2.34. The summed E-state index contributed by atoms with van der Waals surface area (Å²) in [5.41, 5.74) is 1.74. The molecule has 1 saturated heterocycles. The van der Waals surface area contributed by atoms with Gasteiger partial charge >= 0.3 is 6.03 Å². The van der Waals surface area contributed by atoms with Crippen molar-refractivity contribution in [1.82, 2.24) is 9.88 Å². The molecule has 6 heteroatoms. The first-order valence-electron chi connectivity index (χ1n) is 7.92. The number of aromatic nitrogens is 1. The average molecular weight is 327 g/mol. The Hall–Kier alpha value is -2.76. The molecule has 1 aromatic carbocycles. The zero-order valence-electron chi connectivity index (χ0n) is 13.9. The second kappa shape index (κ2) is 7.21. The van der Waals surface area contributed by atoms with Crippen LogP contribution in [0, 0.1) is 0 Å². The van der Waals surface area contributed by atoms with Crippen LogP contribution in [-0.2, 0) is 0 Å². The zero-order chi connectivity index (χ0) is 16.9. The van der Waals surface area contributed by atoms with Crippen molar-refractivity contribution < 1.29 is 14.3 Å². The Morgan fingerprint density at radius 3 is 2.79 bits per heavy atom. The van der Waals surface area contributed by atoms with E-state index in [2.05, 4.69) is 10.3 Å². The minimum absolute atomic E-state index is 0.0291. The molecule has 1 atom stereocenters. The van der Waals surface area contributed by atoms with Crippen molar-refractivity contribution in [1.29, 1.82) is 0 Å². The number of rotatable bonds is 4. The molecular weight excluding hydrogens is 306 g/mol. The van der Waals surface area contributed by atoms with Crippen LogP contribution < -0.4 is 14.8 Å². The highest BCUT2D eigenvalue weighted by atomic mass is 16.5. The molecule has 3 rings (SSSR count). The summed E-state index contributed by atoms with van der Waals surface area (Å²) in [6.07, 6.45) is 5.22. The summed E-state index contributed by atoms with van der Waals surface area (Å²) in [6, 6.07) is 9.35. The number of anilines is 1. The van der Waals surface area contributed by atoms with Gasteiger partial charge in [0.15, 0.2) is 11.5 Å². The molecule has 2 aromatic rings. The fraction of sp³-hybridized carbons (Fsp3) is 0.333. The molecule has 0 spiro atoms. The highest BCUT2D eigenvalue weighted by molar-refractivity contribution is 5.89. The Labute approximate surface area is 141 Å². The molecule has 1 aliphatic heterocycles. The summed E-state index contributed by atoms with van der Waals surface area (Å²) < 4.78 is 10.7. The molecule has 1 aromatic heterocycles. The highest BCUT2D eigenvalue weighted by Gasteiger charge is 2.30. The molecular formula is C18H21N3O3. The van der Waals surface area contributed by atoms with Crippen molar-refractivity contribution in [3.63, 3.8) is 0 Å². The molecule has 0 radical (unpaired) electrons. The van der Waals surface area contributed by atoms with Gasteiger partial charge in [-0.05, 0) is 42.7 Å². The zero-order valence-corrected chi connectivity index (χ0v) is 13.9. The number of methoxy groups -OCH3 is 2. The van der Waals surface area contributed by atoms with Crippen LogP contribution in [0.2, 0.25) is 0 Å². The number of pyridine rings is 1. The quantitative estimate of drug-likeness (QED) is 0.934. The summed E-state index contributed by atoms with van der Waals surface area (Å²) >= 11 is 0. The standard InChI is InChI=1S/C18H21N3O3/c1-23-16-8-7-13(11-17(16)24-2)15-6-4-10-21(15)18(22)20-14-5-3-9-19-12-14/h3,5,7-9,11-12,15H,4,6,10H2,1-2H3,(H,20,22). The third-order valence-electron chi connectivity index (χ3n) is 4.22. The Morgan fingerprint density at radius 1 is 1.25 bits per heavy atom. The maximum absolute atomic E-state index is 12.6. The van der Waals surface area contributed by atoms with Crippen LogP contribution in [0.3, 0.4) is 0 Å². The van der Waals surface area contributed by atoms with E-state index < -0.39 is 0 Å². The van der Waals surface area contributed by atoms with E-state index in [9.17, 15) is 4.79 Å². The SMILES string of the molecule is COc1ccc(C2CCCN2C(=O)Nc2cccnc2)cc1OC. The first-order chi connectivity index (χ1) is 11.7. The van der Waals surface area contributed by atoms with E-state index in [0.717, 1.165) is 24.9 Å². The minimum Gasteiger partial charge on any atom is -0.493 e. The van der Waals surface area contributed by atoms with Gasteiger partial charge in [-0.25, -0.2) is 4.79 Å². The van der Waals surface area contributed by atoms with Crippen molar-refractivity contribution in [3.8, 4) is 11.5 Å². The van der Waals surface area contributed by atoms with Gasteiger partial charge < -0.3 is 19.7 Å². The third-order valence-corrected chi connectivity index (χ3v) is 4.22. The Balaban J connectivity index is 1.79. The van der Waals surface area contributed by atoms with Crippen molar-refractivity contribution >= 4 is 11.7 Å². The summed E-state index contributed by atoms with van der Waals surface area (Å²) in [6.45, 7) is 0.727. The summed E-state index contributed by atoms with van der Waals surface area (Å²) in [5, 5.41) is 2.90. The maximum atomic E-state index is 12.6. The van der Waals surface area contributed by atoms with Crippen molar-refractivity contribution in [2.24, 2.45) is 0 Å². The van der Waals surface area contributed by atoms with Gasteiger partial charge in [0.2, 0.25) is 0 Å². The number of nitrogens with one attached hydrogen (secondary N) is 1. The van der Waals surface area contributed by atoms with Gasteiger partial charge in [0.1, 0.15) is 0 Å². The van der Waals surface area contributed by atoms with E-state index in [1.165, 1.54) is 0 Å². The molecule has 0 saturated carbocycles. The first kappa shape index (κ1) is 16.1. The molecule has 2 amide bonds. The Bertz CT molecular complexity index is 706. The predicted octanol–water partition coefficient (Wildman–Crippen LogP) is 3.47. The van der Waals surface area contributed by atoms with Crippen molar-refractivity contribution in [2.75, 3.05) is 26.1 Å². The van der Waals surface area contributed by atoms with E-state index in [1.54, 1.807) is 32.7 Å². The molecule has 1 fully saturated rings. The number of hydrogen-bond acceptors (Lipinski definition) is 4. The summed E-state index contributed by atoms with van der Waals surface area (Å²) in [5.74, 6) is 1.36. The van der Waals surface area contributed by atoms with Crippen LogP contribution in [0.5, 0.6) is 11.5 Å². The molecule has 1 aliphatic rings. The Morgan fingerprint density at radius 2 is 2.08 bits per heavy atom. The number of benzene rings is 1. The molecule has 2 heterocycles. The fourth-order valence-corrected chi connectivity index (χ4v) is 3.05. The number of likely N-dealkylation sites (tertiary alicyclic amines) is 1. The smallest absolute Gasteiger partial charge is 0.322 e. The van der Waals surface area contributed by atoms with Crippen LogP contribution in [-0.4, -0.2) is 36.7 Å². The van der Waals surface area contributed by atoms with E-state index in [4.69, 9.17) is 9.47 Å². The van der Waals surface area contributed by atoms with Gasteiger partial charge in [0, 0.05) is 12.7 Å². The first-order valence-corrected chi connectivity index (χ1v) is 7.92. The monoisotopic (exact) mass is 327 g/mol. The van der Waals surface area contributed by atoms with Gasteiger partial charge in [-0.2, -0.15) is 0 Å².